The molecule has 4 amide bonds. The molecular weight excluding hydrogens is 787 g/mol. The van der Waals surface area contributed by atoms with Gasteiger partial charge in [-0.25, -0.2) is 24.6 Å². The van der Waals surface area contributed by atoms with E-state index in [-0.39, 0.29) is 70.4 Å². The molecule has 2 aliphatic rings. The van der Waals surface area contributed by atoms with E-state index in [1.807, 2.05) is 63.2 Å². The van der Waals surface area contributed by atoms with Crippen LogP contribution in [-0.2, 0) is 19.3 Å². The van der Waals surface area contributed by atoms with Gasteiger partial charge in [0.1, 0.15) is 17.7 Å². The molecule has 4 heterocycles. The Labute approximate surface area is 353 Å². The second-order valence-electron chi connectivity index (χ2n) is 13.7. The molecule has 2 aliphatic heterocycles. The molecule has 3 atom stereocenters. The van der Waals surface area contributed by atoms with E-state index in [9.17, 15) is 14.4 Å². The quantitative estimate of drug-likeness (QED) is 0.0526. The van der Waals surface area contributed by atoms with Crippen molar-refractivity contribution in [2.45, 2.75) is 71.0 Å². The van der Waals surface area contributed by atoms with Gasteiger partial charge in [-0.05, 0) is 73.9 Å². The lowest BCUT2D eigenvalue weighted by atomic mass is 10.0. The number of benzene rings is 2. The summed E-state index contributed by atoms with van der Waals surface area (Å²) in [7, 11) is 2.66. The van der Waals surface area contributed by atoms with Crippen LogP contribution in [-0.4, -0.2) is 99.1 Å². The number of nitrogens with zero attached hydrogens (tertiary/aromatic N) is 6. The molecule has 6 rings (SSSR count). The van der Waals surface area contributed by atoms with Crippen LogP contribution in [0.2, 0.25) is 0 Å². The number of H-pyrrole nitrogens is 2. The van der Waals surface area contributed by atoms with Gasteiger partial charge in [-0.15, -0.1) is 5.10 Å². The lowest BCUT2D eigenvalue weighted by Gasteiger charge is -2.29. The highest BCUT2D eigenvalue weighted by atomic mass is 32.1. The number of rotatable bonds is 11. The molecule has 2 aromatic heterocycles. The van der Waals surface area contributed by atoms with Crippen molar-refractivity contribution in [1.29, 1.82) is 0 Å². The Morgan fingerprint density at radius 2 is 1.63 bits per heavy atom. The number of carbonyl (C=O) groups excluding carboxylic acids is 3. The van der Waals surface area contributed by atoms with Crippen molar-refractivity contribution in [1.82, 2.24) is 40.1 Å². The lowest BCUT2D eigenvalue weighted by Crippen LogP contribution is -2.51. The van der Waals surface area contributed by atoms with Gasteiger partial charge in [0.05, 0.1) is 49.2 Å². The summed E-state index contributed by atoms with van der Waals surface area (Å²) in [4.78, 5) is 68.1. The molecule has 0 radical (unpaired) electrons. The average Bonchev–Trinajstić information content (AvgIpc) is 4.01. The largest absolute Gasteiger partial charge is 0.453 e. The number of nitrogens with one attached hydrogen (secondary N) is 3. The topological polar surface area (TPSA) is 170 Å². The maximum atomic E-state index is 13.5. The minimum atomic E-state index is -0.693. The van der Waals surface area contributed by atoms with E-state index in [1.165, 1.54) is 19.2 Å². The normalized spacial score (nSPS) is 16.6. The Morgan fingerprint density at radius 1 is 0.965 bits per heavy atom. The minimum absolute atomic E-state index is 0. The number of alkyl carbamates (subject to hydrolysis) is 1. The molecule has 0 spiro atoms. The van der Waals surface area contributed by atoms with Crippen molar-refractivity contribution >= 4 is 76.0 Å². The SMILES string of the molecule is CCCN(/N=C\OOC)C(=O)N1CCC[C@H]1c1ncc(-c2ccc(C#Cc3ccc4nc([C@@H]5CCCN5C(=O)[C@@H](NC(=O)OC)C(C)C)[nH]c4c3)cc2)[nH]1.S.S.S. The predicted molar refractivity (Wildman–Crippen MR) is 233 cm³/mol. The smallest absolute Gasteiger partial charge is 0.407 e. The first-order valence-corrected chi connectivity index (χ1v) is 18.3. The molecule has 308 valence electrons. The monoisotopic (exact) mass is 839 g/mol. The van der Waals surface area contributed by atoms with Crippen molar-refractivity contribution in [3.63, 3.8) is 0 Å². The van der Waals surface area contributed by atoms with Gasteiger partial charge in [0, 0.05) is 30.8 Å². The zero-order chi connectivity index (χ0) is 38.2. The number of aromatic nitrogens is 4. The Morgan fingerprint density at radius 3 is 2.30 bits per heavy atom. The molecule has 0 saturated carbocycles. The van der Waals surface area contributed by atoms with Gasteiger partial charge < -0.3 is 34.7 Å². The number of carbonyl (C=O) groups is 3. The molecule has 0 bridgehead atoms. The summed E-state index contributed by atoms with van der Waals surface area (Å²) in [5.41, 5.74) is 5.11. The van der Waals surface area contributed by atoms with Gasteiger partial charge in [-0.2, -0.15) is 45.4 Å². The first kappa shape index (κ1) is 46.6. The Hall–Kier alpha value is -4.83. The highest BCUT2D eigenvalue weighted by Crippen LogP contribution is 2.34. The van der Waals surface area contributed by atoms with Crippen molar-refractivity contribution in [2.75, 3.05) is 33.9 Å². The zero-order valence-corrected chi connectivity index (χ0v) is 35.8. The second kappa shape index (κ2) is 21.6. The van der Waals surface area contributed by atoms with Gasteiger partial charge in [0.15, 0.2) is 0 Å². The molecule has 2 saturated heterocycles. The Bertz CT molecular complexity index is 2050. The molecule has 2 aromatic carbocycles. The summed E-state index contributed by atoms with van der Waals surface area (Å²) >= 11 is 0. The van der Waals surface area contributed by atoms with Crippen LogP contribution < -0.4 is 5.32 Å². The minimum Gasteiger partial charge on any atom is -0.453 e. The third-order valence-electron chi connectivity index (χ3n) is 9.68. The van der Waals surface area contributed by atoms with Crippen LogP contribution in [0.25, 0.3) is 22.3 Å². The van der Waals surface area contributed by atoms with Crippen LogP contribution in [0.5, 0.6) is 0 Å². The van der Waals surface area contributed by atoms with Crippen LogP contribution in [0.15, 0.2) is 53.8 Å². The van der Waals surface area contributed by atoms with Crippen LogP contribution in [0.4, 0.5) is 9.59 Å². The molecule has 15 nitrogen and oxygen atoms in total. The first-order chi connectivity index (χ1) is 26.2. The summed E-state index contributed by atoms with van der Waals surface area (Å²) in [5.74, 6) is 7.70. The number of hydrogen-bond acceptors (Lipinski definition) is 9. The summed E-state index contributed by atoms with van der Waals surface area (Å²) < 4.78 is 4.75. The number of methoxy groups -OCH3 is 1. The van der Waals surface area contributed by atoms with E-state index < -0.39 is 12.1 Å². The molecule has 4 aromatic rings. The highest BCUT2D eigenvalue weighted by Gasteiger charge is 2.38. The van der Waals surface area contributed by atoms with Crippen LogP contribution in [0, 0.1) is 17.8 Å². The third-order valence-corrected chi connectivity index (χ3v) is 9.68. The van der Waals surface area contributed by atoms with Gasteiger partial charge in [-0.1, -0.05) is 44.7 Å². The highest BCUT2D eigenvalue weighted by molar-refractivity contribution is 7.59. The zero-order valence-electron chi connectivity index (χ0n) is 32.8. The number of ether oxygens (including phenoxy) is 1. The summed E-state index contributed by atoms with van der Waals surface area (Å²) in [6.07, 6.45) is 6.29. The molecule has 0 aliphatic carbocycles. The van der Waals surface area contributed by atoms with Gasteiger partial charge in [0.2, 0.25) is 12.3 Å². The van der Waals surface area contributed by atoms with E-state index in [4.69, 9.17) is 14.6 Å². The molecule has 57 heavy (non-hydrogen) atoms. The Balaban J connectivity index is 0.00000290. The number of fused-ring (bicyclic) bond motifs is 1. The summed E-state index contributed by atoms with van der Waals surface area (Å²) in [6, 6.07) is 12.4. The van der Waals surface area contributed by atoms with Crippen molar-refractivity contribution < 1.29 is 28.9 Å². The van der Waals surface area contributed by atoms with Crippen molar-refractivity contribution in [2.24, 2.45) is 11.0 Å². The van der Waals surface area contributed by atoms with Crippen molar-refractivity contribution in [3.05, 3.63) is 71.4 Å². The molecule has 0 unspecified atom stereocenters. The average molecular weight is 840 g/mol. The van der Waals surface area contributed by atoms with E-state index in [1.54, 1.807) is 16.0 Å². The maximum absolute atomic E-state index is 13.5. The summed E-state index contributed by atoms with van der Waals surface area (Å²) in [6.45, 7) is 7.42. The fourth-order valence-corrected chi connectivity index (χ4v) is 6.95. The number of likely N-dealkylation sites (tertiary alicyclic amines) is 2. The van der Waals surface area contributed by atoms with Gasteiger partial charge in [-0.3, -0.25) is 4.79 Å². The number of hydrazone groups is 1. The third kappa shape index (κ3) is 11.0. The molecule has 18 heteroatoms. The fourth-order valence-electron chi connectivity index (χ4n) is 6.95. The maximum Gasteiger partial charge on any atom is 0.407 e. The predicted octanol–water partition coefficient (Wildman–Crippen LogP) is 6.23. The molecule has 3 N–H and O–H groups in total. The van der Waals surface area contributed by atoms with E-state index in [0.717, 1.165) is 77.7 Å². The Kier molecular flexibility index (Phi) is 17.7. The summed E-state index contributed by atoms with van der Waals surface area (Å²) in [5, 5.41) is 8.20. The standard InChI is InChI=1S/C39H47N9O6.3H2S/c1-6-19-48(41-24-54-53-5)39(51)47-21-8-9-32(47)35-40-23-31(44-35)28-16-13-26(14-17-28)11-12-27-15-18-29-30(22-27)43-36(42-29)33-10-7-20-46(33)37(49)34(25(2)3)45-38(50)52-4;;;/h13-18,22-25,32-34H,6-10,19-21H2,1-5H3,(H,40,44)(H,42,43)(H,45,50);3*1H2/b41-24-;;;/t32-,33-,34-;;;/m0.../s1. The molecular formula is C39H53N9O6S3. The van der Waals surface area contributed by atoms with Crippen LogP contribution in [0.3, 0.4) is 0 Å². The number of aromatic amines is 2. The van der Waals surface area contributed by atoms with Crippen molar-refractivity contribution in [3.8, 4) is 23.1 Å². The first-order valence-electron chi connectivity index (χ1n) is 18.3. The number of amides is 4. The second-order valence-corrected chi connectivity index (χ2v) is 13.7. The van der Waals surface area contributed by atoms with E-state index in [0.29, 0.717) is 25.5 Å². The van der Waals surface area contributed by atoms with E-state index >= 15 is 0 Å². The number of urea groups is 1. The number of hydrogen-bond donors (Lipinski definition) is 3. The molecule has 2 fully saturated rings. The number of imidazole rings is 2. The van der Waals surface area contributed by atoms with Gasteiger partial charge in [0.25, 0.3) is 0 Å². The van der Waals surface area contributed by atoms with Gasteiger partial charge >= 0.3 is 12.1 Å². The van der Waals surface area contributed by atoms with Crippen LogP contribution >= 0.6 is 40.5 Å². The lowest BCUT2D eigenvalue weighted by molar-refractivity contribution is -0.188. The van der Waals surface area contributed by atoms with Crippen LogP contribution in [0.1, 0.15) is 87.7 Å². The fraction of sp³-hybridized carbons (Fsp3) is 0.436. The van der Waals surface area contributed by atoms with E-state index in [2.05, 4.69) is 42.1 Å².